The molecule has 1 N–H and O–H groups in total. The molecule has 2 heterocycles. The summed E-state index contributed by atoms with van der Waals surface area (Å²) in [6, 6.07) is 0.0397. The quantitative estimate of drug-likeness (QED) is 0.638. The Bertz CT molecular complexity index is 830. The van der Waals surface area contributed by atoms with Crippen LogP contribution in [0.4, 0.5) is 0 Å². The molecule has 1 aromatic rings. The van der Waals surface area contributed by atoms with Crippen molar-refractivity contribution in [1.29, 1.82) is 0 Å². The van der Waals surface area contributed by atoms with Gasteiger partial charge in [0.2, 0.25) is 11.7 Å². The third-order valence-electron chi connectivity index (χ3n) is 6.83. The van der Waals surface area contributed by atoms with Crippen molar-refractivity contribution < 1.29 is 9.90 Å². The third-order valence-corrected chi connectivity index (χ3v) is 6.83. The average Bonchev–Trinajstić information content (AvgIpc) is 2.93. The number of carbonyl (C=O) groups is 1. The molecule has 0 bridgehead atoms. The van der Waals surface area contributed by atoms with Crippen LogP contribution in [0.3, 0.4) is 0 Å². The summed E-state index contributed by atoms with van der Waals surface area (Å²) in [6.07, 6.45) is 7.84. The van der Waals surface area contributed by atoms with Crippen LogP contribution < -0.4 is 5.56 Å². The normalized spacial score (nSPS) is 19.2. The number of hydrogen-bond acceptors (Lipinski definition) is 4. The van der Waals surface area contributed by atoms with Gasteiger partial charge in [0.25, 0.3) is 0 Å². The number of nitrogens with zero attached hydrogens (tertiary/aromatic N) is 3. The summed E-state index contributed by atoms with van der Waals surface area (Å²) in [5, 5.41) is 10.3. The van der Waals surface area contributed by atoms with Gasteiger partial charge in [0.15, 0.2) is 0 Å². The molecule has 1 aromatic heterocycles. The summed E-state index contributed by atoms with van der Waals surface area (Å²) < 4.78 is 1.97. The number of aromatic hydroxyl groups is 1. The summed E-state index contributed by atoms with van der Waals surface area (Å²) in [5.74, 6) is 0.450. The highest BCUT2D eigenvalue weighted by Crippen LogP contribution is 2.35. The zero-order valence-corrected chi connectivity index (χ0v) is 19.5. The van der Waals surface area contributed by atoms with E-state index in [1.165, 1.54) is 0 Å². The number of aromatic nitrogens is 2. The van der Waals surface area contributed by atoms with Crippen LogP contribution in [0.2, 0.25) is 0 Å². The molecular weight excluding hydrogens is 378 g/mol. The molecule has 6 nitrogen and oxygen atoms in total. The van der Waals surface area contributed by atoms with Crippen LogP contribution in [0.15, 0.2) is 16.9 Å². The second kappa shape index (κ2) is 10.3. The number of unbranched alkanes of at least 4 members (excludes halogenated alkanes) is 1. The largest absolute Gasteiger partial charge is 0.502 e. The van der Waals surface area contributed by atoms with E-state index in [2.05, 4.69) is 25.4 Å². The van der Waals surface area contributed by atoms with Crippen molar-refractivity contribution in [1.82, 2.24) is 14.5 Å². The van der Waals surface area contributed by atoms with E-state index in [0.29, 0.717) is 24.5 Å². The van der Waals surface area contributed by atoms with Crippen molar-refractivity contribution in [2.45, 2.75) is 98.6 Å². The maximum Gasteiger partial charge on any atom is 0.315 e. The van der Waals surface area contributed by atoms with Gasteiger partial charge in [-0.05, 0) is 38.5 Å². The number of amides is 1. The highest BCUT2D eigenvalue weighted by molar-refractivity contribution is 5.73. The number of rotatable bonds is 8. The lowest BCUT2D eigenvalue weighted by atomic mass is 9.76. The number of hydrogen-bond donors (Lipinski definition) is 1. The van der Waals surface area contributed by atoms with Crippen LogP contribution in [-0.4, -0.2) is 38.1 Å². The second-order valence-electron chi connectivity index (χ2n) is 9.21. The lowest BCUT2D eigenvalue weighted by molar-refractivity contribution is -0.131. The van der Waals surface area contributed by atoms with Crippen LogP contribution in [0.5, 0.6) is 5.75 Å². The molecule has 2 unspecified atom stereocenters. The van der Waals surface area contributed by atoms with Gasteiger partial charge >= 0.3 is 5.56 Å². The van der Waals surface area contributed by atoms with Gasteiger partial charge in [-0.15, -0.1) is 0 Å². The minimum atomic E-state index is -0.581. The first-order valence-electron chi connectivity index (χ1n) is 11.3. The third kappa shape index (κ3) is 5.52. The van der Waals surface area contributed by atoms with Gasteiger partial charge in [-0.1, -0.05) is 51.7 Å². The van der Waals surface area contributed by atoms with Crippen molar-refractivity contribution in [3.8, 4) is 5.75 Å². The lowest BCUT2D eigenvalue weighted by Gasteiger charge is -2.34. The maximum atomic E-state index is 12.3. The highest BCUT2D eigenvalue weighted by atomic mass is 16.3. The Kier molecular flexibility index (Phi) is 8.27. The van der Waals surface area contributed by atoms with Crippen molar-refractivity contribution in [2.24, 2.45) is 5.41 Å². The summed E-state index contributed by atoms with van der Waals surface area (Å²) in [7, 11) is 0. The summed E-state index contributed by atoms with van der Waals surface area (Å²) >= 11 is 0. The Morgan fingerprint density at radius 3 is 2.60 bits per heavy atom. The van der Waals surface area contributed by atoms with Gasteiger partial charge in [-0.25, -0.2) is 0 Å². The molecule has 0 spiro atoms. The number of allylic oxidation sites excluding steroid dienone is 1. The standard InChI is InChI=1S/C24H39N3O3/c1-7-8-13-24(6,17(2)3)15-21-25-23(30)22(29)18(4)27(21)16-20-12-10-9-11-14-26(20)19(5)28/h20,29H,2,7-16H2,1,3-6H3. The van der Waals surface area contributed by atoms with Gasteiger partial charge in [0, 0.05) is 32.5 Å². The van der Waals surface area contributed by atoms with Crippen LogP contribution in [0, 0.1) is 12.3 Å². The van der Waals surface area contributed by atoms with Gasteiger partial charge in [-0.3, -0.25) is 9.59 Å². The second-order valence-corrected chi connectivity index (χ2v) is 9.21. The molecule has 0 radical (unpaired) electrons. The zero-order valence-electron chi connectivity index (χ0n) is 19.5. The minimum Gasteiger partial charge on any atom is -0.502 e. The van der Waals surface area contributed by atoms with Crippen LogP contribution in [-0.2, 0) is 17.8 Å². The Morgan fingerprint density at radius 2 is 2.00 bits per heavy atom. The van der Waals surface area contributed by atoms with E-state index >= 15 is 0 Å². The lowest BCUT2D eigenvalue weighted by Crippen LogP contribution is -2.42. The fraction of sp³-hybridized carbons (Fsp3) is 0.708. The topological polar surface area (TPSA) is 75.4 Å². The van der Waals surface area contributed by atoms with E-state index < -0.39 is 5.56 Å². The smallest absolute Gasteiger partial charge is 0.315 e. The fourth-order valence-electron chi connectivity index (χ4n) is 4.44. The summed E-state index contributed by atoms with van der Waals surface area (Å²) in [4.78, 5) is 30.8. The first-order valence-corrected chi connectivity index (χ1v) is 11.3. The van der Waals surface area contributed by atoms with E-state index in [1.807, 2.05) is 16.4 Å². The van der Waals surface area contributed by atoms with Crippen LogP contribution in [0.25, 0.3) is 0 Å². The van der Waals surface area contributed by atoms with Crippen molar-refractivity contribution in [2.75, 3.05) is 6.54 Å². The van der Waals surface area contributed by atoms with Crippen molar-refractivity contribution in [3.05, 3.63) is 34.0 Å². The van der Waals surface area contributed by atoms with Crippen LogP contribution in [0.1, 0.15) is 84.2 Å². The van der Waals surface area contributed by atoms with Crippen LogP contribution >= 0.6 is 0 Å². The average molecular weight is 418 g/mol. The van der Waals surface area contributed by atoms with Gasteiger partial charge in [-0.2, -0.15) is 4.98 Å². The van der Waals surface area contributed by atoms with E-state index in [9.17, 15) is 14.7 Å². The number of carbonyl (C=O) groups excluding carboxylic acids is 1. The fourth-order valence-corrected chi connectivity index (χ4v) is 4.44. The predicted molar refractivity (Wildman–Crippen MR) is 121 cm³/mol. The number of likely N-dealkylation sites (tertiary alicyclic amines) is 1. The first-order chi connectivity index (χ1) is 14.1. The molecular formula is C24H39N3O3. The highest BCUT2D eigenvalue weighted by Gasteiger charge is 2.30. The van der Waals surface area contributed by atoms with Gasteiger partial charge in [0.1, 0.15) is 5.82 Å². The molecule has 1 aliphatic rings. The van der Waals surface area contributed by atoms with E-state index in [4.69, 9.17) is 0 Å². The Hall–Kier alpha value is -2.11. The molecule has 1 amide bonds. The molecule has 30 heavy (non-hydrogen) atoms. The van der Waals surface area contributed by atoms with Gasteiger partial charge < -0.3 is 14.6 Å². The SMILES string of the molecule is C=C(C)C(C)(CCCC)Cc1nc(=O)c(O)c(C)n1CC1CCCCCN1C(C)=O. The summed E-state index contributed by atoms with van der Waals surface area (Å²) in [5.41, 5.74) is 0.840. The molecule has 0 aromatic carbocycles. The minimum absolute atomic E-state index is 0.0397. The van der Waals surface area contributed by atoms with E-state index in [1.54, 1.807) is 13.8 Å². The molecule has 6 heteroatoms. The molecule has 0 saturated carbocycles. The Morgan fingerprint density at radius 1 is 1.30 bits per heavy atom. The molecule has 2 atom stereocenters. The Labute approximate surface area is 181 Å². The molecule has 1 fully saturated rings. The Balaban J connectivity index is 2.48. The molecule has 168 valence electrons. The monoisotopic (exact) mass is 417 g/mol. The molecule has 0 aliphatic carbocycles. The predicted octanol–water partition coefficient (Wildman–Crippen LogP) is 4.36. The first kappa shape index (κ1) is 24.2. The van der Waals surface area contributed by atoms with E-state index in [0.717, 1.165) is 57.1 Å². The van der Waals surface area contributed by atoms with Crippen molar-refractivity contribution >= 4 is 5.91 Å². The van der Waals surface area contributed by atoms with Crippen molar-refractivity contribution in [3.63, 3.8) is 0 Å². The zero-order chi connectivity index (χ0) is 22.5. The summed E-state index contributed by atoms with van der Waals surface area (Å²) in [6.45, 7) is 15.3. The molecule has 1 saturated heterocycles. The molecule has 2 rings (SSSR count). The van der Waals surface area contributed by atoms with E-state index in [-0.39, 0.29) is 23.1 Å². The van der Waals surface area contributed by atoms with Gasteiger partial charge in [0.05, 0.1) is 5.69 Å². The maximum absolute atomic E-state index is 12.3. The molecule has 1 aliphatic heterocycles.